The Morgan fingerprint density at radius 2 is 1.96 bits per heavy atom. The van der Waals surface area contributed by atoms with Gasteiger partial charge in [-0.05, 0) is 29.8 Å². The molecule has 1 saturated heterocycles. The first-order valence-corrected chi connectivity index (χ1v) is 10.2. The minimum Gasteiger partial charge on any atom is -0.314 e. The Balaban J connectivity index is 1.63. The maximum Gasteiger partial charge on any atom is 0.240 e. The normalized spacial score (nSPS) is 19.0. The highest BCUT2D eigenvalue weighted by Gasteiger charge is 2.24. The SMILES string of the molecule is O=S(=O)(NCCN1CCNCC1c1cccc(Cl)c1)c1ccccc1. The van der Waals surface area contributed by atoms with Gasteiger partial charge in [0.25, 0.3) is 0 Å². The van der Waals surface area contributed by atoms with Crippen molar-refractivity contribution in [3.05, 3.63) is 65.2 Å². The lowest BCUT2D eigenvalue weighted by Crippen LogP contribution is -2.48. The first-order valence-electron chi connectivity index (χ1n) is 8.31. The largest absolute Gasteiger partial charge is 0.314 e. The lowest BCUT2D eigenvalue weighted by Gasteiger charge is -2.36. The van der Waals surface area contributed by atoms with Gasteiger partial charge in [-0.2, -0.15) is 0 Å². The summed E-state index contributed by atoms with van der Waals surface area (Å²) in [6, 6.07) is 16.5. The number of hydrogen-bond donors (Lipinski definition) is 2. The molecule has 5 nitrogen and oxygen atoms in total. The molecule has 1 fully saturated rings. The van der Waals surface area contributed by atoms with Crippen LogP contribution in [0.15, 0.2) is 59.5 Å². The van der Waals surface area contributed by atoms with Gasteiger partial charge in [0.2, 0.25) is 10.0 Å². The van der Waals surface area contributed by atoms with Crippen LogP contribution in [0.5, 0.6) is 0 Å². The number of rotatable bonds is 6. The Labute approximate surface area is 154 Å². The summed E-state index contributed by atoms with van der Waals surface area (Å²) in [6.45, 7) is 3.59. The fraction of sp³-hybridized carbons (Fsp3) is 0.333. The van der Waals surface area contributed by atoms with E-state index in [1.54, 1.807) is 30.3 Å². The van der Waals surface area contributed by atoms with E-state index in [1.807, 2.05) is 18.2 Å². The minimum atomic E-state index is -3.46. The van der Waals surface area contributed by atoms with Gasteiger partial charge in [-0.25, -0.2) is 13.1 Å². The first-order chi connectivity index (χ1) is 12.1. The number of sulfonamides is 1. The Hall–Kier alpha value is -1.44. The van der Waals surface area contributed by atoms with E-state index in [2.05, 4.69) is 21.0 Å². The molecule has 0 saturated carbocycles. The van der Waals surface area contributed by atoms with Gasteiger partial charge in [-0.1, -0.05) is 41.9 Å². The van der Waals surface area contributed by atoms with E-state index in [0.29, 0.717) is 23.0 Å². The van der Waals surface area contributed by atoms with Crippen LogP contribution in [-0.2, 0) is 10.0 Å². The van der Waals surface area contributed by atoms with E-state index >= 15 is 0 Å². The predicted octanol–water partition coefficient (Wildman–Crippen LogP) is 2.26. The highest BCUT2D eigenvalue weighted by atomic mass is 35.5. The van der Waals surface area contributed by atoms with E-state index < -0.39 is 10.0 Å². The van der Waals surface area contributed by atoms with Crippen molar-refractivity contribution in [2.75, 3.05) is 32.7 Å². The molecule has 1 unspecified atom stereocenters. The van der Waals surface area contributed by atoms with Crippen LogP contribution in [0.3, 0.4) is 0 Å². The van der Waals surface area contributed by atoms with Crippen molar-refractivity contribution in [1.82, 2.24) is 14.9 Å². The molecule has 134 valence electrons. The smallest absolute Gasteiger partial charge is 0.240 e. The Morgan fingerprint density at radius 3 is 2.72 bits per heavy atom. The van der Waals surface area contributed by atoms with E-state index in [1.165, 1.54) is 0 Å². The zero-order valence-electron chi connectivity index (χ0n) is 13.9. The minimum absolute atomic E-state index is 0.189. The molecule has 0 aliphatic carbocycles. The molecule has 1 aliphatic heterocycles. The van der Waals surface area contributed by atoms with E-state index in [0.717, 1.165) is 25.2 Å². The van der Waals surface area contributed by atoms with E-state index in [9.17, 15) is 8.42 Å². The molecule has 25 heavy (non-hydrogen) atoms. The highest BCUT2D eigenvalue weighted by Crippen LogP contribution is 2.24. The Kier molecular flexibility index (Phi) is 6.09. The van der Waals surface area contributed by atoms with Gasteiger partial charge < -0.3 is 5.32 Å². The fourth-order valence-electron chi connectivity index (χ4n) is 3.06. The van der Waals surface area contributed by atoms with Crippen LogP contribution < -0.4 is 10.0 Å². The molecule has 0 radical (unpaired) electrons. The molecule has 1 heterocycles. The summed E-state index contributed by atoms with van der Waals surface area (Å²) >= 11 is 6.11. The van der Waals surface area contributed by atoms with Crippen molar-refractivity contribution in [3.63, 3.8) is 0 Å². The molecule has 2 aromatic rings. The van der Waals surface area contributed by atoms with Crippen LogP contribution >= 0.6 is 11.6 Å². The molecule has 1 atom stereocenters. The van der Waals surface area contributed by atoms with Crippen LogP contribution in [-0.4, -0.2) is 46.0 Å². The van der Waals surface area contributed by atoms with Gasteiger partial charge in [0.05, 0.1) is 4.90 Å². The van der Waals surface area contributed by atoms with Crippen LogP contribution in [0.4, 0.5) is 0 Å². The molecule has 2 N–H and O–H groups in total. The van der Waals surface area contributed by atoms with E-state index in [4.69, 9.17) is 11.6 Å². The van der Waals surface area contributed by atoms with Crippen molar-refractivity contribution in [1.29, 1.82) is 0 Å². The zero-order chi connectivity index (χ0) is 17.7. The maximum atomic E-state index is 12.3. The third-order valence-corrected chi connectivity index (χ3v) is 6.04. The summed E-state index contributed by atoms with van der Waals surface area (Å²) in [5, 5.41) is 4.11. The molecule has 3 rings (SSSR count). The third-order valence-electron chi connectivity index (χ3n) is 4.33. The lowest BCUT2D eigenvalue weighted by molar-refractivity contribution is 0.165. The van der Waals surface area contributed by atoms with Gasteiger partial charge >= 0.3 is 0 Å². The van der Waals surface area contributed by atoms with Gasteiger partial charge in [-0.15, -0.1) is 0 Å². The van der Waals surface area contributed by atoms with E-state index in [-0.39, 0.29) is 6.04 Å². The molecule has 0 spiro atoms. The van der Waals surface area contributed by atoms with Crippen molar-refractivity contribution < 1.29 is 8.42 Å². The average Bonchev–Trinajstić information content (AvgIpc) is 2.63. The number of halogens is 1. The van der Waals surface area contributed by atoms with Crippen LogP contribution in [0.1, 0.15) is 11.6 Å². The van der Waals surface area contributed by atoms with Crippen molar-refractivity contribution in [2.45, 2.75) is 10.9 Å². The number of nitrogens with zero attached hydrogens (tertiary/aromatic N) is 1. The van der Waals surface area contributed by atoms with Crippen LogP contribution in [0.2, 0.25) is 5.02 Å². The standard InChI is InChI=1S/C18H22ClN3O2S/c19-16-6-4-5-15(13-16)18-14-20-9-11-22(18)12-10-21-25(23,24)17-7-2-1-3-8-17/h1-8,13,18,20-21H,9-12,14H2. The van der Waals surface area contributed by atoms with Gasteiger partial charge in [0.1, 0.15) is 0 Å². The summed E-state index contributed by atoms with van der Waals surface area (Å²) in [5.41, 5.74) is 1.14. The topological polar surface area (TPSA) is 61.4 Å². The molecule has 2 aromatic carbocycles. The van der Waals surface area contributed by atoms with Gasteiger partial charge in [-0.3, -0.25) is 4.90 Å². The second-order valence-electron chi connectivity index (χ2n) is 6.02. The molecular formula is C18H22ClN3O2S. The maximum absolute atomic E-state index is 12.3. The number of nitrogens with one attached hydrogen (secondary N) is 2. The molecule has 7 heteroatoms. The van der Waals surface area contributed by atoms with Crippen LogP contribution in [0, 0.1) is 0 Å². The quantitative estimate of drug-likeness (QED) is 0.808. The number of piperazine rings is 1. The van der Waals surface area contributed by atoms with Crippen molar-refractivity contribution >= 4 is 21.6 Å². The second kappa shape index (κ2) is 8.29. The van der Waals surface area contributed by atoms with Crippen molar-refractivity contribution in [3.8, 4) is 0 Å². The molecule has 0 aromatic heterocycles. The fourth-order valence-corrected chi connectivity index (χ4v) is 4.30. The molecular weight excluding hydrogens is 358 g/mol. The summed E-state index contributed by atoms with van der Waals surface area (Å²) in [6.07, 6.45) is 0. The third kappa shape index (κ3) is 4.80. The zero-order valence-corrected chi connectivity index (χ0v) is 15.4. The molecule has 1 aliphatic rings. The number of benzene rings is 2. The summed E-state index contributed by atoms with van der Waals surface area (Å²) in [7, 11) is -3.46. The summed E-state index contributed by atoms with van der Waals surface area (Å²) in [4.78, 5) is 2.58. The summed E-state index contributed by atoms with van der Waals surface area (Å²) < 4.78 is 27.3. The number of hydrogen-bond acceptors (Lipinski definition) is 4. The average molecular weight is 380 g/mol. The lowest BCUT2D eigenvalue weighted by atomic mass is 10.0. The second-order valence-corrected chi connectivity index (χ2v) is 8.23. The first kappa shape index (κ1) is 18.4. The Bertz CT molecular complexity index is 799. The molecule has 0 amide bonds. The Morgan fingerprint density at radius 1 is 1.16 bits per heavy atom. The monoisotopic (exact) mass is 379 g/mol. The van der Waals surface area contributed by atoms with Gasteiger partial charge in [0, 0.05) is 43.8 Å². The summed E-state index contributed by atoms with van der Waals surface area (Å²) in [5.74, 6) is 0. The highest BCUT2D eigenvalue weighted by molar-refractivity contribution is 7.89. The van der Waals surface area contributed by atoms with Gasteiger partial charge in [0.15, 0.2) is 0 Å². The molecule has 0 bridgehead atoms. The van der Waals surface area contributed by atoms with Crippen LogP contribution in [0.25, 0.3) is 0 Å². The van der Waals surface area contributed by atoms with Crippen molar-refractivity contribution in [2.24, 2.45) is 0 Å². The predicted molar refractivity (Wildman–Crippen MR) is 100 cm³/mol.